The molecule has 1 rings (SSSR count). The number of carbonyl (C=O) groups excluding carboxylic acids is 3. The second kappa shape index (κ2) is 8.06. The summed E-state index contributed by atoms with van der Waals surface area (Å²) >= 11 is 0. The molecule has 1 aromatic rings. The molecule has 0 aromatic heterocycles. The Kier molecular flexibility index (Phi) is 6.66. The fourth-order valence-electron chi connectivity index (χ4n) is 2.16. The molecule has 0 spiro atoms. The van der Waals surface area contributed by atoms with Crippen LogP contribution < -0.4 is 15.5 Å². The predicted octanol–water partition coefficient (Wildman–Crippen LogP) is 0.646. The number of Topliss-reactive ketones (excluding diaryl/α,β-unsaturated/α-hetero) is 1. The first kappa shape index (κ1) is 19.8. The van der Waals surface area contributed by atoms with E-state index in [0.29, 0.717) is 11.3 Å². The van der Waals surface area contributed by atoms with Crippen LogP contribution in [-0.4, -0.2) is 42.8 Å². The lowest BCUT2D eigenvalue weighted by atomic mass is 10.1. The number of anilines is 1. The molecular weight excluding hydrogens is 306 g/mol. The van der Waals surface area contributed by atoms with E-state index in [4.69, 9.17) is 0 Å². The summed E-state index contributed by atoms with van der Waals surface area (Å²) in [6.07, 6.45) is 0. The summed E-state index contributed by atoms with van der Waals surface area (Å²) in [5, 5.41) is 5.68. The van der Waals surface area contributed by atoms with Crippen molar-refractivity contribution in [2.45, 2.75) is 46.2 Å². The Morgan fingerprint density at radius 2 is 1.83 bits per heavy atom. The maximum Gasteiger partial charge on any atom is 0.282 e. The molecule has 0 saturated heterocycles. The first-order chi connectivity index (χ1) is 11.0. The second-order valence-electron chi connectivity index (χ2n) is 7.17. The van der Waals surface area contributed by atoms with Gasteiger partial charge in [-0.15, -0.1) is 0 Å². The molecule has 0 bridgehead atoms. The van der Waals surface area contributed by atoms with Gasteiger partial charge in [0.15, 0.2) is 18.4 Å². The van der Waals surface area contributed by atoms with Crippen LogP contribution >= 0.6 is 0 Å². The van der Waals surface area contributed by atoms with Crippen molar-refractivity contribution in [2.24, 2.45) is 0 Å². The molecule has 0 radical (unpaired) electrons. The van der Waals surface area contributed by atoms with Crippen molar-refractivity contribution in [2.75, 3.05) is 18.9 Å². The molecule has 0 aliphatic carbocycles. The topological polar surface area (TPSA) is 79.7 Å². The largest absolute Gasteiger partial charge is 0.347 e. The minimum Gasteiger partial charge on any atom is -0.347 e. The zero-order valence-corrected chi connectivity index (χ0v) is 15.3. The predicted molar refractivity (Wildman–Crippen MR) is 94.2 cm³/mol. The third kappa shape index (κ3) is 6.50. The lowest BCUT2D eigenvalue weighted by molar-refractivity contribution is -0.885. The summed E-state index contributed by atoms with van der Waals surface area (Å²) in [4.78, 5) is 36.5. The number of benzene rings is 1. The third-order valence-corrected chi connectivity index (χ3v) is 3.62. The molecule has 6 nitrogen and oxygen atoms in total. The Hall–Kier alpha value is -2.21. The molecule has 24 heavy (non-hydrogen) atoms. The van der Waals surface area contributed by atoms with Crippen LogP contribution in [0.15, 0.2) is 24.3 Å². The van der Waals surface area contributed by atoms with E-state index in [2.05, 4.69) is 10.6 Å². The molecule has 0 heterocycles. The first-order valence-corrected chi connectivity index (χ1v) is 8.05. The number of ketones is 1. The molecule has 0 aliphatic heterocycles. The summed E-state index contributed by atoms with van der Waals surface area (Å²) in [5.74, 6) is -0.351. The normalized spacial score (nSPS) is 13.8. The van der Waals surface area contributed by atoms with Crippen LogP contribution in [0.2, 0.25) is 0 Å². The van der Waals surface area contributed by atoms with Crippen LogP contribution in [0.1, 0.15) is 45.0 Å². The Balaban J connectivity index is 2.65. The molecule has 3 N–H and O–H groups in total. The maximum absolute atomic E-state index is 12.4. The van der Waals surface area contributed by atoms with E-state index in [1.807, 2.05) is 20.8 Å². The number of hydrogen-bond acceptors (Lipinski definition) is 3. The molecule has 2 atom stereocenters. The standard InChI is InChI=1S/C18H27N3O3/c1-12(21(6)11-16(23)20-18(3,4)5)17(24)19-15-9-7-8-14(10-15)13(2)22/h7-10,12H,11H2,1-6H3,(H,19,24)(H,20,23)/p+1/t12-/m1/s1. The summed E-state index contributed by atoms with van der Waals surface area (Å²) in [5.41, 5.74) is 0.827. The van der Waals surface area contributed by atoms with Gasteiger partial charge in [-0.1, -0.05) is 12.1 Å². The van der Waals surface area contributed by atoms with Gasteiger partial charge in [0.25, 0.3) is 11.8 Å². The van der Waals surface area contributed by atoms with Crippen LogP contribution in [0, 0.1) is 0 Å². The first-order valence-electron chi connectivity index (χ1n) is 8.05. The van der Waals surface area contributed by atoms with E-state index in [9.17, 15) is 14.4 Å². The Bertz CT molecular complexity index is 620. The van der Waals surface area contributed by atoms with Crippen LogP contribution in [0.3, 0.4) is 0 Å². The number of carbonyl (C=O) groups is 3. The van der Waals surface area contributed by atoms with Crippen molar-refractivity contribution in [3.63, 3.8) is 0 Å². The number of nitrogens with one attached hydrogen (secondary N) is 3. The van der Waals surface area contributed by atoms with Gasteiger partial charge in [-0.3, -0.25) is 14.4 Å². The van der Waals surface area contributed by atoms with Gasteiger partial charge in [-0.25, -0.2) is 0 Å². The van der Waals surface area contributed by atoms with Gasteiger partial charge in [0.1, 0.15) is 0 Å². The number of quaternary nitrogens is 1. The van der Waals surface area contributed by atoms with Gasteiger partial charge in [-0.05, 0) is 46.8 Å². The lowest BCUT2D eigenvalue weighted by Crippen LogP contribution is -3.15. The van der Waals surface area contributed by atoms with E-state index in [1.54, 1.807) is 38.2 Å². The van der Waals surface area contributed by atoms with Gasteiger partial charge < -0.3 is 15.5 Å². The Morgan fingerprint density at radius 3 is 2.38 bits per heavy atom. The van der Waals surface area contributed by atoms with Gasteiger partial charge in [0.2, 0.25) is 0 Å². The van der Waals surface area contributed by atoms with E-state index in [0.717, 1.165) is 4.90 Å². The number of amides is 2. The quantitative estimate of drug-likeness (QED) is 0.668. The number of likely N-dealkylation sites (N-methyl/N-ethyl adjacent to an activating group) is 1. The maximum atomic E-state index is 12.4. The second-order valence-corrected chi connectivity index (χ2v) is 7.17. The van der Waals surface area contributed by atoms with E-state index in [1.165, 1.54) is 6.92 Å². The number of rotatable bonds is 6. The van der Waals surface area contributed by atoms with Crippen LogP contribution in [0.5, 0.6) is 0 Å². The monoisotopic (exact) mass is 334 g/mol. The van der Waals surface area contributed by atoms with Gasteiger partial charge >= 0.3 is 0 Å². The average Bonchev–Trinajstić information content (AvgIpc) is 2.44. The molecule has 132 valence electrons. The zero-order valence-electron chi connectivity index (χ0n) is 15.3. The van der Waals surface area contributed by atoms with Gasteiger partial charge in [0, 0.05) is 16.8 Å². The minimum absolute atomic E-state index is 0.0549. The molecule has 2 amide bonds. The summed E-state index contributed by atoms with van der Waals surface area (Å²) in [6.45, 7) is 9.20. The fourth-order valence-corrected chi connectivity index (χ4v) is 2.16. The summed E-state index contributed by atoms with van der Waals surface area (Å²) in [6, 6.07) is 6.41. The van der Waals surface area contributed by atoms with Gasteiger partial charge in [0.05, 0.1) is 7.05 Å². The highest BCUT2D eigenvalue weighted by Crippen LogP contribution is 2.11. The SMILES string of the molecule is CC(=O)c1cccc(NC(=O)[C@@H](C)[NH+](C)CC(=O)NC(C)(C)C)c1. The highest BCUT2D eigenvalue weighted by atomic mass is 16.2. The van der Waals surface area contributed by atoms with E-state index >= 15 is 0 Å². The highest BCUT2D eigenvalue weighted by Gasteiger charge is 2.25. The van der Waals surface area contributed by atoms with Crippen molar-refractivity contribution in [3.8, 4) is 0 Å². The van der Waals surface area contributed by atoms with Crippen molar-refractivity contribution in [1.29, 1.82) is 0 Å². The lowest BCUT2D eigenvalue weighted by Gasteiger charge is -2.24. The van der Waals surface area contributed by atoms with Crippen molar-refractivity contribution >= 4 is 23.3 Å². The smallest absolute Gasteiger partial charge is 0.282 e. The minimum atomic E-state index is -0.406. The molecule has 1 aromatic carbocycles. The van der Waals surface area contributed by atoms with Crippen molar-refractivity contribution < 1.29 is 19.3 Å². The molecule has 6 heteroatoms. The molecule has 0 saturated carbocycles. The highest BCUT2D eigenvalue weighted by molar-refractivity contribution is 5.98. The van der Waals surface area contributed by atoms with Crippen molar-refractivity contribution in [3.05, 3.63) is 29.8 Å². The van der Waals surface area contributed by atoms with Crippen LogP contribution in [0.25, 0.3) is 0 Å². The molecule has 0 aliphatic rings. The average molecular weight is 334 g/mol. The summed E-state index contributed by atoms with van der Waals surface area (Å²) in [7, 11) is 1.80. The van der Waals surface area contributed by atoms with E-state index < -0.39 is 6.04 Å². The van der Waals surface area contributed by atoms with Crippen LogP contribution in [-0.2, 0) is 9.59 Å². The molecule has 1 unspecified atom stereocenters. The Morgan fingerprint density at radius 1 is 1.21 bits per heavy atom. The number of hydrogen-bond donors (Lipinski definition) is 3. The third-order valence-electron chi connectivity index (χ3n) is 3.62. The van der Waals surface area contributed by atoms with E-state index in [-0.39, 0.29) is 29.7 Å². The zero-order chi connectivity index (χ0) is 18.5. The van der Waals surface area contributed by atoms with Gasteiger partial charge in [-0.2, -0.15) is 0 Å². The molecule has 0 fully saturated rings. The fraction of sp³-hybridized carbons (Fsp3) is 0.500. The molecular formula is C18H28N3O3+. The van der Waals surface area contributed by atoms with Crippen LogP contribution in [0.4, 0.5) is 5.69 Å². The Labute approximate surface area is 143 Å². The summed E-state index contributed by atoms with van der Waals surface area (Å²) < 4.78 is 0. The van der Waals surface area contributed by atoms with Crippen molar-refractivity contribution in [1.82, 2.24) is 5.32 Å².